The van der Waals surface area contributed by atoms with Crippen LogP contribution < -0.4 is 0 Å². The minimum atomic E-state index is 0. The molecule has 2 heterocycles. The monoisotopic (exact) mass is 578 g/mol. The van der Waals surface area contributed by atoms with Crippen molar-refractivity contribution in [1.82, 2.24) is 9.13 Å². The van der Waals surface area contributed by atoms with Gasteiger partial charge in [0.25, 0.3) is 0 Å². The van der Waals surface area contributed by atoms with Crippen LogP contribution >= 0.6 is 11.6 Å². The Labute approximate surface area is 253 Å². The Morgan fingerprint density at radius 2 is 1.34 bits per heavy atom. The van der Waals surface area contributed by atoms with Gasteiger partial charge in [0.15, 0.2) is 11.6 Å². The molecule has 0 unspecified atom stereocenters. The Kier molecular flexibility index (Phi) is 12.0. The van der Waals surface area contributed by atoms with Gasteiger partial charge in [-0.25, -0.2) is 0 Å². The molecule has 41 heavy (non-hydrogen) atoms. The van der Waals surface area contributed by atoms with Gasteiger partial charge in [-0.1, -0.05) is 85.2 Å². The van der Waals surface area contributed by atoms with Crippen molar-refractivity contribution in [3.63, 3.8) is 0 Å². The summed E-state index contributed by atoms with van der Waals surface area (Å²) in [7, 11) is 0. The number of carbonyl (C=O) groups excluding carboxylic acids is 2. The van der Waals surface area contributed by atoms with Gasteiger partial charge in [0.1, 0.15) is 0 Å². The molecule has 0 bridgehead atoms. The van der Waals surface area contributed by atoms with Crippen LogP contribution in [0.2, 0.25) is 5.02 Å². The number of aryl methyl sites for hydroxylation is 1. The van der Waals surface area contributed by atoms with E-state index < -0.39 is 0 Å². The standard InChI is InChI=1S/C18H22ClNO.C16H21NO.2CH4/c1-12(2)18(21)16-11-20(10-13-5-3-4-6-13)17-9-14(19)7-8-15(16)17;1-10(2)16(18)14-9-17(11(3)4)15-8-12(5)6-7-13(14)15;;/h7-9,11-13H,3-6,10H2,1-2H3;6-11H,1-5H3;2*1H4. The van der Waals surface area contributed by atoms with E-state index in [-0.39, 0.29) is 38.3 Å². The van der Waals surface area contributed by atoms with Gasteiger partial charge in [-0.3, -0.25) is 9.59 Å². The fraction of sp³-hybridized carbons (Fsp3) is 0.500. The highest BCUT2D eigenvalue weighted by Gasteiger charge is 2.21. The summed E-state index contributed by atoms with van der Waals surface area (Å²) in [4.78, 5) is 24.7. The van der Waals surface area contributed by atoms with Gasteiger partial charge in [0, 0.05) is 69.3 Å². The average Bonchev–Trinajstić information content (AvgIpc) is 3.61. The van der Waals surface area contributed by atoms with Crippen molar-refractivity contribution < 1.29 is 9.59 Å². The molecular formula is C36H51ClN2O2. The lowest BCUT2D eigenvalue weighted by molar-refractivity contribution is 0.0933. The minimum Gasteiger partial charge on any atom is -0.346 e. The lowest BCUT2D eigenvalue weighted by Crippen LogP contribution is -2.08. The molecule has 2 aromatic carbocycles. The van der Waals surface area contributed by atoms with Crippen molar-refractivity contribution in [3.8, 4) is 0 Å². The number of aromatic nitrogens is 2. The maximum Gasteiger partial charge on any atom is 0.167 e. The average molecular weight is 579 g/mol. The number of ketones is 2. The number of fused-ring (bicyclic) bond motifs is 2. The zero-order chi connectivity index (χ0) is 28.4. The highest BCUT2D eigenvalue weighted by Crippen LogP contribution is 2.31. The van der Waals surface area contributed by atoms with Crippen LogP contribution in [0.15, 0.2) is 48.8 Å². The number of benzene rings is 2. The summed E-state index contributed by atoms with van der Waals surface area (Å²) < 4.78 is 4.44. The zero-order valence-corrected chi connectivity index (χ0v) is 25.3. The Morgan fingerprint density at radius 3 is 1.90 bits per heavy atom. The summed E-state index contributed by atoms with van der Waals surface area (Å²) in [6, 6.07) is 12.5. The van der Waals surface area contributed by atoms with Crippen molar-refractivity contribution in [3.05, 3.63) is 70.5 Å². The third kappa shape index (κ3) is 7.52. The van der Waals surface area contributed by atoms with E-state index in [1.165, 1.54) is 31.2 Å². The van der Waals surface area contributed by atoms with Crippen molar-refractivity contribution in [2.45, 2.75) is 102 Å². The normalized spacial score (nSPS) is 13.4. The molecule has 0 aliphatic heterocycles. The summed E-state index contributed by atoms with van der Waals surface area (Å²) in [5.41, 5.74) is 5.18. The Hall–Kier alpha value is -2.85. The minimum absolute atomic E-state index is 0. The van der Waals surface area contributed by atoms with E-state index in [1.54, 1.807) is 0 Å². The van der Waals surface area contributed by atoms with Gasteiger partial charge in [-0.05, 0) is 63.3 Å². The summed E-state index contributed by atoms with van der Waals surface area (Å²) >= 11 is 6.16. The molecule has 0 spiro atoms. The van der Waals surface area contributed by atoms with E-state index >= 15 is 0 Å². The van der Waals surface area contributed by atoms with Gasteiger partial charge in [0.05, 0.1) is 5.52 Å². The van der Waals surface area contributed by atoms with Crippen LogP contribution in [0.5, 0.6) is 0 Å². The van der Waals surface area contributed by atoms with Gasteiger partial charge in [-0.2, -0.15) is 0 Å². The first-order chi connectivity index (χ1) is 18.5. The van der Waals surface area contributed by atoms with Crippen LogP contribution in [0.25, 0.3) is 21.8 Å². The lowest BCUT2D eigenvalue weighted by atomic mass is 10.0. The molecule has 0 N–H and O–H groups in total. The van der Waals surface area contributed by atoms with E-state index in [2.05, 4.69) is 48.1 Å². The highest BCUT2D eigenvalue weighted by atomic mass is 35.5. The highest BCUT2D eigenvalue weighted by molar-refractivity contribution is 6.31. The van der Waals surface area contributed by atoms with Crippen molar-refractivity contribution in [2.24, 2.45) is 17.8 Å². The summed E-state index contributed by atoms with van der Waals surface area (Å²) in [6.45, 7) is 15.2. The van der Waals surface area contributed by atoms with Gasteiger partial charge in [-0.15, -0.1) is 0 Å². The second-order valence-electron chi connectivity index (χ2n) is 12.1. The zero-order valence-electron chi connectivity index (χ0n) is 24.6. The molecule has 4 aromatic rings. The third-order valence-corrected chi connectivity index (χ3v) is 8.13. The number of carbonyl (C=O) groups is 2. The first-order valence-corrected chi connectivity index (χ1v) is 14.8. The third-order valence-electron chi connectivity index (χ3n) is 7.90. The fourth-order valence-corrected chi connectivity index (χ4v) is 5.86. The van der Waals surface area contributed by atoms with E-state index in [0.29, 0.717) is 6.04 Å². The molecule has 5 rings (SSSR count). The second-order valence-corrected chi connectivity index (χ2v) is 12.5. The fourth-order valence-electron chi connectivity index (χ4n) is 5.69. The number of Topliss-reactive ketones (excluding diaryl/α,β-unsaturated/α-hetero) is 2. The molecule has 2 aromatic heterocycles. The Morgan fingerprint density at radius 1 is 0.805 bits per heavy atom. The quantitative estimate of drug-likeness (QED) is 0.205. The van der Waals surface area contributed by atoms with E-state index in [0.717, 1.165) is 50.4 Å². The van der Waals surface area contributed by atoms with Gasteiger partial charge >= 0.3 is 0 Å². The van der Waals surface area contributed by atoms with Crippen molar-refractivity contribution in [1.29, 1.82) is 0 Å². The number of rotatable bonds is 7. The van der Waals surface area contributed by atoms with Crippen molar-refractivity contribution in [2.75, 3.05) is 0 Å². The molecule has 0 atom stereocenters. The number of hydrogen-bond acceptors (Lipinski definition) is 2. The molecule has 0 radical (unpaired) electrons. The molecular weight excluding hydrogens is 528 g/mol. The largest absolute Gasteiger partial charge is 0.346 e. The van der Waals surface area contributed by atoms with E-state index in [9.17, 15) is 9.59 Å². The smallest absolute Gasteiger partial charge is 0.167 e. The summed E-state index contributed by atoms with van der Waals surface area (Å²) in [5.74, 6) is 1.24. The van der Waals surface area contributed by atoms with Crippen LogP contribution in [0.3, 0.4) is 0 Å². The first-order valence-electron chi connectivity index (χ1n) is 14.5. The van der Waals surface area contributed by atoms with Crippen molar-refractivity contribution >= 4 is 45.0 Å². The molecule has 1 aliphatic carbocycles. The van der Waals surface area contributed by atoms with Crippen LogP contribution in [0, 0.1) is 24.7 Å². The lowest BCUT2D eigenvalue weighted by Gasteiger charge is -2.11. The number of halogens is 1. The van der Waals surface area contributed by atoms with Crippen LogP contribution in [-0.4, -0.2) is 20.7 Å². The molecule has 1 fully saturated rings. The molecule has 224 valence electrons. The molecule has 0 saturated heterocycles. The number of nitrogens with zero attached hydrogens (tertiary/aromatic N) is 2. The van der Waals surface area contributed by atoms with Gasteiger partial charge < -0.3 is 9.13 Å². The molecule has 0 amide bonds. The second kappa shape index (κ2) is 14.4. The predicted octanol–water partition coefficient (Wildman–Crippen LogP) is 11.0. The molecule has 5 heteroatoms. The first kappa shape index (κ1) is 34.4. The van der Waals surface area contributed by atoms with E-state index in [1.807, 2.05) is 58.3 Å². The predicted molar refractivity (Wildman–Crippen MR) is 178 cm³/mol. The van der Waals surface area contributed by atoms with Gasteiger partial charge in [0.2, 0.25) is 0 Å². The molecule has 4 nitrogen and oxygen atoms in total. The molecule has 1 saturated carbocycles. The van der Waals surface area contributed by atoms with E-state index in [4.69, 9.17) is 11.6 Å². The van der Waals surface area contributed by atoms with Crippen LogP contribution in [0.1, 0.15) is 114 Å². The number of hydrogen-bond donors (Lipinski definition) is 0. The maximum atomic E-state index is 12.4. The Balaban J connectivity index is 0.000000277. The van der Waals surface area contributed by atoms with Crippen LogP contribution in [-0.2, 0) is 6.54 Å². The topological polar surface area (TPSA) is 44.0 Å². The maximum absolute atomic E-state index is 12.4. The Bertz CT molecular complexity index is 1480. The SMILES string of the molecule is C.C.CC(C)C(=O)c1cn(CC2CCCC2)c2cc(Cl)ccc12.Cc1ccc2c(C(=O)C(C)C)cn(C(C)C)c2c1. The summed E-state index contributed by atoms with van der Waals surface area (Å²) in [6.07, 6.45) is 9.32. The van der Waals surface area contributed by atoms with Crippen LogP contribution in [0.4, 0.5) is 0 Å². The molecule has 1 aliphatic rings. The summed E-state index contributed by atoms with van der Waals surface area (Å²) in [5, 5.41) is 2.85.